The number of guanidine groups is 1. The number of hydrogen-bond acceptors (Lipinski definition) is 5. The number of anilines is 1. The number of likely N-dealkylation sites (tertiary alicyclic amines) is 1. The summed E-state index contributed by atoms with van der Waals surface area (Å²) in [5, 5.41) is 22.8. The summed E-state index contributed by atoms with van der Waals surface area (Å²) in [5.41, 5.74) is 2.03. The topological polar surface area (TPSA) is 104 Å². The molecule has 8 heteroatoms. The first kappa shape index (κ1) is 17.2. The van der Waals surface area contributed by atoms with Crippen molar-refractivity contribution in [3.63, 3.8) is 0 Å². The zero-order valence-corrected chi connectivity index (χ0v) is 15.2. The number of nitrogens with zero attached hydrogens (tertiary/aromatic N) is 3. The average molecular weight is 401 g/mol. The molecule has 0 aromatic heterocycles. The Morgan fingerprint density at radius 1 is 1.56 bits per heavy atom. The molecule has 0 spiro atoms. The van der Waals surface area contributed by atoms with Crippen LogP contribution in [0.1, 0.15) is 12.0 Å². The van der Waals surface area contributed by atoms with E-state index in [1.54, 1.807) is 0 Å². The number of aryl methyl sites for hydroxylation is 1. The molecule has 0 radical (unpaired) electrons. The molecule has 0 saturated carbocycles. The maximum atomic E-state index is 12.3. The summed E-state index contributed by atoms with van der Waals surface area (Å²) in [6.07, 6.45) is 2.24. The number of nitrogens with one attached hydrogen (secondary N) is 3. The van der Waals surface area contributed by atoms with E-state index in [4.69, 9.17) is 10.7 Å². The molecule has 128 valence electrons. The molecule has 1 unspecified atom stereocenters. The Hall–Kier alpha value is -2.66. The molecule has 25 heavy (non-hydrogen) atoms. The molecule has 0 aliphatic carbocycles. The summed E-state index contributed by atoms with van der Waals surface area (Å²) >= 11 is 3.41. The molecule has 0 bridgehead atoms. The van der Waals surface area contributed by atoms with Crippen LogP contribution in [0.4, 0.5) is 5.69 Å². The van der Waals surface area contributed by atoms with Gasteiger partial charge in [-0.2, -0.15) is 10.3 Å². The van der Waals surface area contributed by atoms with Crippen LogP contribution in [0, 0.1) is 29.6 Å². The van der Waals surface area contributed by atoms with Crippen LogP contribution in [-0.2, 0) is 4.79 Å². The first-order valence-corrected chi connectivity index (χ1v) is 8.63. The Morgan fingerprint density at radius 3 is 3.00 bits per heavy atom. The molecule has 2 heterocycles. The molecule has 1 saturated heterocycles. The van der Waals surface area contributed by atoms with Gasteiger partial charge in [-0.1, -0.05) is 15.9 Å². The van der Waals surface area contributed by atoms with Crippen molar-refractivity contribution in [1.82, 2.24) is 10.2 Å². The third-order valence-electron chi connectivity index (χ3n) is 4.17. The summed E-state index contributed by atoms with van der Waals surface area (Å²) in [5.74, 6) is -0.184. The number of hydrogen-bond donors (Lipinski definition) is 3. The quantitative estimate of drug-likeness (QED) is 0.662. The first-order valence-electron chi connectivity index (χ1n) is 7.84. The molecular weight excluding hydrogens is 384 g/mol. The zero-order chi connectivity index (χ0) is 18.0. The smallest absolute Gasteiger partial charge is 0.263 e. The van der Waals surface area contributed by atoms with Crippen molar-refractivity contribution in [2.24, 2.45) is 10.9 Å². The Balaban J connectivity index is 1.75. The number of halogens is 1. The second-order valence-electron chi connectivity index (χ2n) is 5.96. The van der Waals surface area contributed by atoms with Crippen LogP contribution >= 0.6 is 15.9 Å². The number of nitriles is 1. The van der Waals surface area contributed by atoms with Crippen molar-refractivity contribution in [1.29, 1.82) is 10.7 Å². The van der Waals surface area contributed by atoms with E-state index in [1.807, 2.05) is 30.0 Å². The second-order valence-corrected chi connectivity index (χ2v) is 6.88. The molecular formula is C17H17BrN6O. The molecule has 1 aromatic carbocycles. The number of carbonyl (C=O) groups is 1. The van der Waals surface area contributed by atoms with E-state index in [9.17, 15) is 4.79 Å². The van der Waals surface area contributed by atoms with Gasteiger partial charge in [-0.05, 0) is 37.1 Å². The summed E-state index contributed by atoms with van der Waals surface area (Å²) in [6, 6.07) is 7.97. The highest BCUT2D eigenvalue weighted by molar-refractivity contribution is 9.10. The molecule has 7 nitrogen and oxygen atoms in total. The van der Waals surface area contributed by atoms with Crippen LogP contribution in [0.2, 0.25) is 0 Å². The van der Waals surface area contributed by atoms with Crippen molar-refractivity contribution < 1.29 is 4.79 Å². The van der Waals surface area contributed by atoms with Crippen LogP contribution < -0.4 is 10.6 Å². The Bertz CT molecular complexity index is 838. The lowest BCUT2D eigenvalue weighted by molar-refractivity contribution is -0.115. The van der Waals surface area contributed by atoms with Crippen LogP contribution in [0.25, 0.3) is 0 Å². The minimum absolute atomic E-state index is 0.0622. The maximum absolute atomic E-state index is 12.3. The maximum Gasteiger partial charge on any atom is 0.263 e. The minimum atomic E-state index is -0.377. The lowest BCUT2D eigenvalue weighted by Crippen LogP contribution is -2.48. The van der Waals surface area contributed by atoms with Gasteiger partial charge in [0.25, 0.3) is 5.91 Å². The Kier molecular flexibility index (Phi) is 4.86. The normalized spacial score (nSPS) is 21.8. The number of benzene rings is 1. The van der Waals surface area contributed by atoms with E-state index in [0.29, 0.717) is 19.0 Å². The van der Waals surface area contributed by atoms with Gasteiger partial charge in [0.15, 0.2) is 5.84 Å². The van der Waals surface area contributed by atoms with Gasteiger partial charge in [-0.25, -0.2) is 0 Å². The lowest BCUT2D eigenvalue weighted by atomic mass is 10.1. The van der Waals surface area contributed by atoms with Gasteiger partial charge >= 0.3 is 0 Å². The van der Waals surface area contributed by atoms with Crippen molar-refractivity contribution in [2.45, 2.75) is 13.3 Å². The highest BCUT2D eigenvalue weighted by Crippen LogP contribution is 2.21. The molecule has 1 amide bonds. The summed E-state index contributed by atoms with van der Waals surface area (Å²) in [6.45, 7) is 3.13. The molecule has 1 fully saturated rings. The van der Waals surface area contributed by atoms with Crippen LogP contribution in [0.15, 0.2) is 39.4 Å². The van der Waals surface area contributed by atoms with Gasteiger partial charge in [-0.15, -0.1) is 0 Å². The highest BCUT2D eigenvalue weighted by atomic mass is 79.9. The number of amides is 1. The van der Waals surface area contributed by atoms with Crippen LogP contribution in [0.5, 0.6) is 0 Å². The highest BCUT2D eigenvalue weighted by Gasteiger charge is 2.30. The summed E-state index contributed by atoms with van der Waals surface area (Å²) in [7, 11) is 0. The van der Waals surface area contributed by atoms with Gasteiger partial charge in [-0.3, -0.25) is 15.5 Å². The molecule has 1 aromatic rings. The van der Waals surface area contributed by atoms with Gasteiger partial charge in [0.1, 0.15) is 0 Å². The molecule has 2 aliphatic heterocycles. The van der Waals surface area contributed by atoms with E-state index < -0.39 is 0 Å². The van der Waals surface area contributed by atoms with Gasteiger partial charge in [0.2, 0.25) is 5.96 Å². The van der Waals surface area contributed by atoms with Crippen molar-refractivity contribution >= 4 is 39.3 Å². The third-order valence-corrected chi connectivity index (χ3v) is 4.67. The predicted octanol–water partition coefficient (Wildman–Crippen LogP) is 2.36. The van der Waals surface area contributed by atoms with Gasteiger partial charge < -0.3 is 10.2 Å². The van der Waals surface area contributed by atoms with Gasteiger partial charge in [0, 0.05) is 29.4 Å². The fraction of sp³-hybridized carbons (Fsp3) is 0.294. The number of rotatable bonds is 2. The van der Waals surface area contributed by atoms with E-state index >= 15 is 0 Å². The first-order chi connectivity index (χ1) is 12.0. The number of aliphatic imine (C=N–C) groups is 1. The fourth-order valence-electron chi connectivity index (χ4n) is 2.75. The predicted molar refractivity (Wildman–Crippen MR) is 99.2 cm³/mol. The molecule has 1 atom stereocenters. The monoisotopic (exact) mass is 400 g/mol. The average Bonchev–Trinajstić information content (AvgIpc) is 3.04. The van der Waals surface area contributed by atoms with Gasteiger partial charge in [0.05, 0.1) is 17.6 Å². The molecule has 2 aliphatic rings. The molecule has 3 N–H and O–H groups in total. The second kappa shape index (κ2) is 7.07. The van der Waals surface area contributed by atoms with Crippen molar-refractivity contribution in [3.05, 3.63) is 40.0 Å². The SMILES string of the molecule is Cc1cc(Br)ccc1N/C=C1\C(=N)N=C(N2CCC(C#N)C2)NC1=O. The van der Waals surface area contributed by atoms with E-state index in [1.165, 1.54) is 6.20 Å². The molecule has 3 rings (SSSR count). The summed E-state index contributed by atoms with van der Waals surface area (Å²) < 4.78 is 0.974. The number of amidine groups is 1. The third kappa shape index (κ3) is 3.72. The fourth-order valence-corrected chi connectivity index (χ4v) is 3.23. The van der Waals surface area contributed by atoms with Crippen molar-refractivity contribution in [3.8, 4) is 6.07 Å². The van der Waals surface area contributed by atoms with E-state index in [0.717, 1.165) is 22.1 Å². The Labute approximate surface area is 154 Å². The lowest BCUT2D eigenvalue weighted by Gasteiger charge is -2.24. The Morgan fingerprint density at radius 2 is 2.36 bits per heavy atom. The van der Waals surface area contributed by atoms with Crippen LogP contribution in [-0.4, -0.2) is 35.7 Å². The zero-order valence-electron chi connectivity index (χ0n) is 13.6. The standard InChI is InChI=1S/C17H17BrN6O/c1-10-6-12(18)2-3-14(10)21-8-13-15(20)22-17(23-16(13)25)24-5-4-11(7-19)9-24/h2-3,6,8,11,21H,4-5,9H2,1H3,(H2,20,22,23,25)/b13-8+. The van der Waals surface area contributed by atoms with E-state index in [2.05, 4.69) is 37.6 Å². The van der Waals surface area contributed by atoms with Crippen molar-refractivity contribution in [2.75, 3.05) is 18.4 Å². The van der Waals surface area contributed by atoms with E-state index in [-0.39, 0.29) is 23.2 Å². The largest absolute Gasteiger partial charge is 0.361 e. The summed E-state index contributed by atoms with van der Waals surface area (Å²) in [4.78, 5) is 18.4. The van der Waals surface area contributed by atoms with Crippen LogP contribution in [0.3, 0.4) is 0 Å². The number of carbonyl (C=O) groups excluding carboxylic acids is 1. The minimum Gasteiger partial charge on any atom is -0.361 e.